The summed E-state index contributed by atoms with van der Waals surface area (Å²) < 4.78 is 25.2. The Morgan fingerprint density at radius 1 is 1.09 bits per heavy atom. The Labute approximate surface area is 135 Å². The lowest BCUT2D eigenvalue weighted by atomic mass is 10.2. The topological polar surface area (TPSA) is 64.0 Å². The highest BCUT2D eigenvalue weighted by molar-refractivity contribution is 7.89. The first-order valence-electron chi connectivity index (χ1n) is 7.34. The third-order valence-electron chi connectivity index (χ3n) is 3.75. The Morgan fingerprint density at radius 2 is 1.78 bits per heavy atom. The fourth-order valence-electron chi connectivity index (χ4n) is 2.63. The molecule has 0 fully saturated rings. The van der Waals surface area contributed by atoms with Gasteiger partial charge in [0.05, 0.1) is 23.3 Å². The zero-order chi connectivity index (χ0) is 16.4. The lowest BCUT2D eigenvalue weighted by Crippen LogP contribution is -2.09. The molecule has 0 saturated heterocycles. The Bertz CT molecular complexity index is 945. The van der Waals surface area contributed by atoms with Gasteiger partial charge in [0.2, 0.25) is 0 Å². The maximum absolute atomic E-state index is 11.6. The average Bonchev–Trinajstić information content (AvgIpc) is 2.82. The number of nitrogens with zero attached hydrogens (tertiary/aromatic N) is 2. The molecule has 0 amide bonds. The number of hydrogen-bond acceptors (Lipinski definition) is 4. The number of rotatable bonds is 5. The maximum atomic E-state index is 11.6. The van der Waals surface area contributed by atoms with Gasteiger partial charge < -0.3 is 9.88 Å². The van der Waals surface area contributed by atoms with Gasteiger partial charge in [-0.2, -0.15) is 0 Å². The van der Waals surface area contributed by atoms with Crippen molar-refractivity contribution in [2.45, 2.75) is 12.3 Å². The Balaban J connectivity index is 1.84. The van der Waals surface area contributed by atoms with E-state index in [2.05, 4.69) is 10.3 Å². The van der Waals surface area contributed by atoms with E-state index < -0.39 is 9.84 Å². The number of aromatic nitrogens is 2. The van der Waals surface area contributed by atoms with E-state index in [1.807, 2.05) is 60.1 Å². The zero-order valence-electron chi connectivity index (χ0n) is 13.2. The second kappa shape index (κ2) is 6.04. The molecule has 0 radical (unpaired) electrons. The molecule has 0 bridgehead atoms. The highest BCUT2D eigenvalue weighted by Crippen LogP contribution is 2.20. The van der Waals surface area contributed by atoms with Crippen molar-refractivity contribution in [2.24, 2.45) is 7.05 Å². The van der Waals surface area contributed by atoms with Crippen LogP contribution >= 0.6 is 0 Å². The maximum Gasteiger partial charge on any atom is 0.151 e. The molecule has 2 aromatic carbocycles. The van der Waals surface area contributed by atoms with Crippen molar-refractivity contribution < 1.29 is 8.42 Å². The molecular weight excluding hydrogens is 310 g/mol. The van der Waals surface area contributed by atoms with E-state index in [9.17, 15) is 8.42 Å². The van der Waals surface area contributed by atoms with Gasteiger partial charge in [0, 0.05) is 19.0 Å². The van der Waals surface area contributed by atoms with Gasteiger partial charge in [0.25, 0.3) is 0 Å². The molecule has 120 valence electrons. The van der Waals surface area contributed by atoms with Crippen molar-refractivity contribution in [1.29, 1.82) is 0 Å². The van der Waals surface area contributed by atoms with Crippen LogP contribution < -0.4 is 5.32 Å². The summed E-state index contributed by atoms with van der Waals surface area (Å²) in [5.41, 5.74) is 3.63. The van der Waals surface area contributed by atoms with E-state index >= 15 is 0 Å². The van der Waals surface area contributed by atoms with E-state index in [0.29, 0.717) is 6.54 Å². The van der Waals surface area contributed by atoms with Gasteiger partial charge in [-0.1, -0.05) is 30.3 Å². The van der Waals surface area contributed by atoms with E-state index in [-0.39, 0.29) is 5.75 Å². The van der Waals surface area contributed by atoms with Crippen LogP contribution in [0.15, 0.2) is 48.5 Å². The standard InChI is InChI=1S/C17H19N3O2S/c1-20-16-10-6-5-9-15(16)19-17(20)11-18-14-8-4-3-7-13(14)12-23(2,21)22/h3-10,18H,11-12H2,1-2H3. The molecule has 1 N–H and O–H groups in total. The lowest BCUT2D eigenvalue weighted by Gasteiger charge is -2.11. The number of hydrogen-bond donors (Lipinski definition) is 1. The van der Waals surface area contributed by atoms with Gasteiger partial charge in [-0.15, -0.1) is 0 Å². The van der Waals surface area contributed by atoms with Crippen LogP contribution in [0.1, 0.15) is 11.4 Å². The van der Waals surface area contributed by atoms with Gasteiger partial charge in [-0.25, -0.2) is 13.4 Å². The molecule has 0 unspecified atom stereocenters. The van der Waals surface area contributed by atoms with E-state index in [1.54, 1.807) is 0 Å². The van der Waals surface area contributed by atoms with E-state index in [4.69, 9.17) is 0 Å². The smallest absolute Gasteiger partial charge is 0.151 e. The number of sulfone groups is 1. The van der Waals surface area contributed by atoms with Crippen LogP contribution in [0.2, 0.25) is 0 Å². The van der Waals surface area contributed by atoms with Crippen LogP contribution in [0.25, 0.3) is 11.0 Å². The predicted octanol–water partition coefficient (Wildman–Crippen LogP) is 2.73. The number of nitrogens with one attached hydrogen (secondary N) is 1. The summed E-state index contributed by atoms with van der Waals surface area (Å²) in [6.07, 6.45) is 1.25. The van der Waals surface area contributed by atoms with Crippen molar-refractivity contribution in [2.75, 3.05) is 11.6 Å². The summed E-state index contributed by atoms with van der Waals surface area (Å²) in [4.78, 5) is 4.61. The Hall–Kier alpha value is -2.34. The number of anilines is 1. The van der Waals surface area contributed by atoms with E-state index in [1.165, 1.54) is 6.26 Å². The van der Waals surface area contributed by atoms with Gasteiger partial charge >= 0.3 is 0 Å². The summed E-state index contributed by atoms with van der Waals surface area (Å²) in [5.74, 6) is 0.930. The molecule has 1 heterocycles. The summed E-state index contributed by atoms with van der Waals surface area (Å²) >= 11 is 0. The van der Waals surface area contributed by atoms with Crippen molar-refractivity contribution in [3.63, 3.8) is 0 Å². The first-order chi connectivity index (χ1) is 10.9. The second-order valence-corrected chi connectivity index (χ2v) is 7.80. The monoisotopic (exact) mass is 329 g/mol. The van der Waals surface area contributed by atoms with Crippen molar-refractivity contribution in [3.05, 3.63) is 59.9 Å². The molecule has 0 spiro atoms. The quantitative estimate of drug-likeness (QED) is 0.782. The molecule has 3 rings (SSSR count). The third kappa shape index (κ3) is 3.53. The fraction of sp³-hybridized carbons (Fsp3) is 0.235. The molecule has 5 nitrogen and oxygen atoms in total. The minimum atomic E-state index is -3.07. The van der Waals surface area contributed by atoms with Crippen LogP contribution in [0.4, 0.5) is 5.69 Å². The number of fused-ring (bicyclic) bond motifs is 1. The van der Waals surface area contributed by atoms with E-state index in [0.717, 1.165) is 28.1 Å². The number of benzene rings is 2. The molecule has 6 heteroatoms. The molecule has 0 aliphatic rings. The van der Waals surface area contributed by atoms with Gasteiger partial charge in [0.15, 0.2) is 9.84 Å². The first kappa shape index (κ1) is 15.6. The minimum absolute atomic E-state index is 0.0265. The number of para-hydroxylation sites is 3. The summed E-state index contributed by atoms with van der Waals surface area (Å²) in [5, 5.41) is 3.31. The number of aryl methyl sites for hydroxylation is 1. The Morgan fingerprint density at radius 3 is 2.52 bits per heavy atom. The molecule has 0 aliphatic carbocycles. The predicted molar refractivity (Wildman–Crippen MR) is 93.0 cm³/mol. The largest absolute Gasteiger partial charge is 0.378 e. The van der Waals surface area contributed by atoms with Crippen molar-refractivity contribution in [1.82, 2.24) is 9.55 Å². The summed E-state index contributed by atoms with van der Waals surface area (Å²) in [6.45, 7) is 0.534. The fourth-order valence-corrected chi connectivity index (χ4v) is 3.45. The molecule has 0 aliphatic heterocycles. The SMILES string of the molecule is Cn1c(CNc2ccccc2CS(C)(=O)=O)nc2ccccc21. The summed E-state index contributed by atoms with van der Waals surface area (Å²) in [6, 6.07) is 15.4. The first-order valence-corrected chi connectivity index (χ1v) is 9.40. The molecular formula is C17H19N3O2S. The third-order valence-corrected chi connectivity index (χ3v) is 4.59. The highest BCUT2D eigenvalue weighted by Gasteiger charge is 2.11. The molecule has 0 saturated carbocycles. The van der Waals surface area contributed by atoms with Crippen LogP contribution in [0, 0.1) is 0 Å². The van der Waals surface area contributed by atoms with Gasteiger partial charge in [-0.05, 0) is 23.8 Å². The molecule has 1 aromatic heterocycles. The average molecular weight is 329 g/mol. The summed E-state index contributed by atoms with van der Waals surface area (Å²) in [7, 11) is -1.09. The molecule has 0 atom stereocenters. The zero-order valence-corrected chi connectivity index (χ0v) is 14.0. The normalized spacial score (nSPS) is 11.7. The minimum Gasteiger partial charge on any atom is -0.378 e. The number of imidazole rings is 1. The van der Waals surface area contributed by atoms with Gasteiger partial charge in [-0.3, -0.25) is 0 Å². The van der Waals surface area contributed by atoms with Gasteiger partial charge in [0.1, 0.15) is 5.82 Å². The molecule has 3 aromatic rings. The van der Waals surface area contributed by atoms with Crippen LogP contribution in [-0.4, -0.2) is 24.2 Å². The van der Waals surface area contributed by atoms with Crippen LogP contribution in [-0.2, 0) is 29.2 Å². The lowest BCUT2D eigenvalue weighted by molar-refractivity contribution is 0.601. The highest BCUT2D eigenvalue weighted by atomic mass is 32.2. The van der Waals surface area contributed by atoms with Crippen molar-refractivity contribution >= 4 is 26.6 Å². The molecule has 23 heavy (non-hydrogen) atoms. The van der Waals surface area contributed by atoms with Crippen molar-refractivity contribution in [3.8, 4) is 0 Å². The van der Waals surface area contributed by atoms with Crippen LogP contribution in [0.5, 0.6) is 0 Å². The van der Waals surface area contributed by atoms with Crippen LogP contribution in [0.3, 0.4) is 0 Å². The Kier molecular flexibility index (Phi) is 4.09. The second-order valence-electron chi connectivity index (χ2n) is 5.66.